The minimum absolute atomic E-state index is 0.0599. The van der Waals surface area contributed by atoms with Gasteiger partial charge in [0.2, 0.25) is 0 Å². The van der Waals surface area contributed by atoms with Crippen molar-refractivity contribution in [1.82, 2.24) is 0 Å². The maximum Gasteiger partial charge on any atom is 0.260 e. The second-order valence-electron chi connectivity index (χ2n) is 4.09. The Hall–Kier alpha value is -2.07. The van der Waals surface area contributed by atoms with Crippen molar-refractivity contribution in [2.24, 2.45) is 0 Å². The highest BCUT2D eigenvalue weighted by atomic mass is 35.5. The molecule has 0 atom stereocenters. The van der Waals surface area contributed by atoms with Crippen LogP contribution in [0.2, 0.25) is 5.02 Å². The summed E-state index contributed by atoms with van der Waals surface area (Å²) in [5.41, 5.74) is 7.27. The molecule has 0 radical (unpaired) electrons. The van der Waals surface area contributed by atoms with Gasteiger partial charge in [0, 0.05) is 0 Å². The molecule has 98 valence electrons. The predicted molar refractivity (Wildman–Crippen MR) is 75.0 cm³/mol. The molecule has 0 aliphatic heterocycles. The lowest BCUT2D eigenvalue weighted by Gasteiger charge is -2.12. The van der Waals surface area contributed by atoms with Crippen molar-refractivity contribution < 1.29 is 9.18 Å². The molecule has 2 aromatic rings. The Balaban J connectivity index is 2.37. The van der Waals surface area contributed by atoms with Crippen LogP contribution in [0, 0.1) is 12.7 Å². The molecule has 5 heteroatoms. The van der Waals surface area contributed by atoms with Gasteiger partial charge in [-0.3, -0.25) is 4.79 Å². The molecular weight excluding hydrogens is 267 g/mol. The van der Waals surface area contributed by atoms with Gasteiger partial charge in [-0.25, -0.2) is 4.39 Å². The standard InChI is InChI=1S/C14H12ClFN2O/c1-8-4-2-7-11(17)13(8)18-14(19)12-9(15)5-3-6-10(12)16/h2-7H,17H2,1H3,(H,18,19). The lowest BCUT2D eigenvalue weighted by Crippen LogP contribution is -2.16. The van der Waals surface area contributed by atoms with Crippen molar-refractivity contribution in [2.75, 3.05) is 11.1 Å². The zero-order valence-corrected chi connectivity index (χ0v) is 11.0. The number of carbonyl (C=O) groups is 1. The normalized spacial score (nSPS) is 10.3. The zero-order chi connectivity index (χ0) is 14.0. The quantitative estimate of drug-likeness (QED) is 0.824. The van der Waals surface area contributed by atoms with Gasteiger partial charge in [0.25, 0.3) is 5.91 Å². The monoisotopic (exact) mass is 278 g/mol. The number of nitrogen functional groups attached to an aromatic ring is 1. The van der Waals surface area contributed by atoms with Crippen LogP contribution >= 0.6 is 11.6 Å². The SMILES string of the molecule is Cc1cccc(N)c1NC(=O)c1c(F)cccc1Cl. The highest BCUT2D eigenvalue weighted by Gasteiger charge is 2.17. The number of amides is 1. The third-order valence-corrected chi connectivity index (χ3v) is 3.05. The van der Waals surface area contributed by atoms with Gasteiger partial charge in [-0.1, -0.05) is 29.8 Å². The van der Waals surface area contributed by atoms with Crippen molar-refractivity contribution in [1.29, 1.82) is 0 Å². The minimum atomic E-state index is -0.669. The number of hydrogen-bond donors (Lipinski definition) is 2. The largest absolute Gasteiger partial charge is 0.397 e. The average molecular weight is 279 g/mol. The summed E-state index contributed by atoms with van der Waals surface area (Å²) in [5, 5.41) is 2.65. The molecule has 0 unspecified atom stereocenters. The van der Waals surface area contributed by atoms with E-state index in [9.17, 15) is 9.18 Å². The van der Waals surface area contributed by atoms with Crippen LogP contribution in [-0.4, -0.2) is 5.91 Å². The third-order valence-electron chi connectivity index (χ3n) is 2.73. The highest BCUT2D eigenvalue weighted by Crippen LogP contribution is 2.25. The van der Waals surface area contributed by atoms with Crippen molar-refractivity contribution in [3.8, 4) is 0 Å². The van der Waals surface area contributed by atoms with Crippen molar-refractivity contribution in [3.63, 3.8) is 0 Å². The predicted octanol–water partition coefficient (Wildman–Crippen LogP) is 3.62. The van der Waals surface area contributed by atoms with Gasteiger partial charge in [-0.05, 0) is 30.7 Å². The van der Waals surface area contributed by atoms with E-state index in [0.29, 0.717) is 11.4 Å². The Morgan fingerprint density at radius 2 is 1.95 bits per heavy atom. The molecule has 2 rings (SSSR count). The summed E-state index contributed by atoms with van der Waals surface area (Å²) in [7, 11) is 0. The summed E-state index contributed by atoms with van der Waals surface area (Å²) >= 11 is 5.84. The number of anilines is 2. The van der Waals surface area contributed by atoms with Crippen molar-refractivity contribution >= 4 is 28.9 Å². The first-order valence-electron chi connectivity index (χ1n) is 5.61. The number of benzene rings is 2. The Bertz CT molecular complexity index is 603. The molecule has 0 saturated carbocycles. The van der Waals surface area contributed by atoms with E-state index in [2.05, 4.69) is 5.32 Å². The van der Waals surface area contributed by atoms with Gasteiger partial charge in [-0.15, -0.1) is 0 Å². The first kappa shape index (κ1) is 13.4. The van der Waals surface area contributed by atoms with E-state index >= 15 is 0 Å². The molecule has 0 saturated heterocycles. The van der Waals surface area contributed by atoms with Crippen LogP contribution in [0.4, 0.5) is 15.8 Å². The second-order valence-corrected chi connectivity index (χ2v) is 4.50. The molecule has 0 aliphatic rings. The highest BCUT2D eigenvalue weighted by molar-refractivity contribution is 6.34. The van der Waals surface area contributed by atoms with Crippen molar-refractivity contribution in [2.45, 2.75) is 6.92 Å². The van der Waals surface area contributed by atoms with E-state index < -0.39 is 11.7 Å². The number of carbonyl (C=O) groups excluding carboxylic acids is 1. The Kier molecular flexibility index (Phi) is 3.71. The van der Waals surface area contributed by atoms with E-state index in [0.717, 1.165) is 5.56 Å². The maximum atomic E-state index is 13.6. The lowest BCUT2D eigenvalue weighted by molar-refractivity contribution is 0.102. The van der Waals surface area contributed by atoms with Crippen LogP contribution in [0.5, 0.6) is 0 Å². The molecular formula is C14H12ClFN2O. The second kappa shape index (κ2) is 5.28. The summed E-state index contributed by atoms with van der Waals surface area (Å²) in [5.74, 6) is -1.29. The maximum absolute atomic E-state index is 13.6. The molecule has 0 heterocycles. The molecule has 0 aromatic heterocycles. The van der Waals surface area contributed by atoms with Crippen LogP contribution in [-0.2, 0) is 0 Å². The van der Waals surface area contributed by atoms with Gasteiger partial charge < -0.3 is 11.1 Å². The number of halogens is 2. The number of para-hydroxylation sites is 1. The van der Waals surface area contributed by atoms with E-state index in [4.69, 9.17) is 17.3 Å². The molecule has 0 bridgehead atoms. The van der Waals surface area contributed by atoms with Crippen molar-refractivity contribution in [3.05, 3.63) is 58.4 Å². The average Bonchev–Trinajstić information content (AvgIpc) is 2.34. The number of nitrogens with one attached hydrogen (secondary N) is 1. The van der Waals surface area contributed by atoms with E-state index in [1.54, 1.807) is 25.1 Å². The Morgan fingerprint density at radius 3 is 2.58 bits per heavy atom. The Morgan fingerprint density at radius 1 is 1.26 bits per heavy atom. The van der Waals surface area contributed by atoms with Gasteiger partial charge in [0.15, 0.2) is 0 Å². The zero-order valence-electron chi connectivity index (χ0n) is 10.2. The van der Waals surface area contributed by atoms with Gasteiger partial charge in [0.05, 0.1) is 22.0 Å². The van der Waals surface area contributed by atoms with Crippen LogP contribution in [0.25, 0.3) is 0 Å². The molecule has 2 aromatic carbocycles. The van der Waals surface area contributed by atoms with Crippen LogP contribution in [0.3, 0.4) is 0 Å². The molecule has 0 fully saturated rings. The first-order valence-corrected chi connectivity index (χ1v) is 5.99. The molecule has 0 spiro atoms. The lowest BCUT2D eigenvalue weighted by atomic mass is 10.1. The minimum Gasteiger partial charge on any atom is -0.397 e. The van der Waals surface area contributed by atoms with E-state index in [-0.39, 0.29) is 10.6 Å². The topological polar surface area (TPSA) is 55.1 Å². The fraction of sp³-hybridized carbons (Fsp3) is 0.0714. The third kappa shape index (κ3) is 2.69. The van der Waals surface area contributed by atoms with Gasteiger partial charge >= 0.3 is 0 Å². The summed E-state index contributed by atoms with van der Waals surface area (Å²) in [6.07, 6.45) is 0. The van der Waals surface area contributed by atoms with E-state index in [1.165, 1.54) is 18.2 Å². The Labute approximate surface area is 115 Å². The van der Waals surface area contributed by atoms with Gasteiger partial charge in [-0.2, -0.15) is 0 Å². The number of aryl methyl sites for hydroxylation is 1. The summed E-state index contributed by atoms with van der Waals surface area (Å²) < 4.78 is 13.6. The van der Waals surface area contributed by atoms with Gasteiger partial charge in [0.1, 0.15) is 5.82 Å². The first-order chi connectivity index (χ1) is 9.00. The fourth-order valence-electron chi connectivity index (χ4n) is 1.75. The van der Waals surface area contributed by atoms with E-state index in [1.807, 2.05) is 0 Å². The molecule has 3 nitrogen and oxygen atoms in total. The summed E-state index contributed by atoms with van der Waals surface area (Å²) in [6, 6.07) is 9.32. The van der Waals surface area contributed by atoms with Crippen LogP contribution in [0.15, 0.2) is 36.4 Å². The molecule has 0 aliphatic carbocycles. The summed E-state index contributed by atoms with van der Waals surface area (Å²) in [4.78, 5) is 12.1. The number of rotatable bonds is 2. The van der Waals surface area contributed by atoms with Crippen LogP contribution in [0.1, 0.15) is 15.9 Å². The number of hydrogen-bond acceptors (Lipinski definition) is 2. The molecule has 3 N–H and O–H groups in total. The number of nitrogens with two attached hydrogens (primary N) is 1. The van der Waals surface area contributed by atoms with Crippen LogP contribution < -0.4 is 11.1 Å². The molecule has 1 amide bonds. The smallest absolute Gasteiger partial charge is 0.260 e. The summed E-state index contributed by atoms with van der Waals surface area (Å²) in [6.45, 7) is 1.80. The molecule has 19 heavy (non-hydrogen) atoms. The fourth-order valence-corrected chi connectivity index (χ4v) is 2.00.